The van der Waals surface area contributed by atoms with Gasteiger partial charge in [-0.25, -0.2) is 4.98 Å². The molecule has 1 aromatic rings. The van der Waals surface area contributed by atoms with Gasteiger partial charge in [0.25, 0.3) is 0 Å². The van der Waals surface area contributed by atoms with Gasteiger partial charge in [-0.05, 0) is 25.9 Å². The molecule has 1 atom stereocenters. The van der Waals surface area contributed by atoms with Crippen LogP contribution in [0, 0.1) is 0 Å². The van der Waals surface area contributed by atoms with Crippen molar-refractivity contribution in [2.75, 3.05) is 26.2 Å². The van der Waals surface area contributed by atoms with Crippen LogP contribution in [0.25, 0.3) is 0 Å². The highest BCUT2D eigenvalue weighted by molar-refractivity contribution is 6.29. The van der Waals surface area contributed by atoms with Crippen molar-refractivity contribution in [1.82, 2.24) is 19.4 Å². The number of aliphatic hydroxyl groups excluding tert-OH is 1. The van der Waals surface area contributed by atoms with Crippen LogP contribution in [0.15, 0.2) is 6.20 Å². The van der Waals surface area contributed by atoms with Gasteiger partial charge in [-0.3, -0.25) is 4.79 Å². The number of rotatable bonds is 8. The number of piperidine rings is 1. The van der Waals surface area contributed by atoms with Gasteiger partial charge in [-0.1, -0.05) is 25.4 Å². The molecule has 1 aromatic heterocycles. The van der Waals surface area contributed by atoms with E-state index in [9.17, 15) is 23.1 Å². The number of amides is 1. The predicted octanol–water partition coefficient (Wildman–Crippen LogP) is 3.25. The van der Waals surface area contributed by atoms with E-state index in [1.165, 1.54) is 6.20 Å². The summed E-state index contributed by atoms with van der Waals surface area (Å²) in [7, 11) is 0. The Balaban J connectivity index is 1.93. The molecule has 1 aliphatic heterocycles. The van der Waals surface area contributed by atoms with Crippen molar-refractivity contribution in [3.05, 3.63) is 17.2 Å². The second-order valence-corrected chi connectivity index (χ2v) is 7.40. The lowest BCUT2D eigenvalue weighted by Gasteiger charge is -2.38. The fraction of sp³-hybridized carbons (Fsp3) is 0.778. The number of carbonyl (C=O) groups is 1. The normalized spacial score (nSPS) is 17.4. The molecule has 28 heavy (non-hydrogen) atoms. The molecule has 0 aliphatic carbocycles. The van der Waals surface area contributed by atoms with Gasteiger partial charge < -0.3 is 19.5 Å². The van der Waals surface area contributed by atoms with E-state index in [-0.39, 0.29) is 23.3 Å². The zero-order chi connectivity index (χ0) is 20.9. The molecular formula is C18H28ClF3N4O2. The smallest absolute Gasteiger partial charge is 0.385 e. The largest absolute Gasteiger partial charge is 0.390 e. The quantitative estimate of drug-likeness (QED) is 0.696. The molecular weight excluding hydrogens is 397 g/mol. The molecule has 1 aliphatic rings. The van der Waals surface area contributed by atoms with E-state index >= 15 is 0 Å². The van der Waals surface area contributed by atoms with Gasteiger partial charge in [0.2, 0.25) is 5.91 Å². The zero-order valence-corrected chi connectivity index (χ0v) is 17.0. The summed E-state index contributed by atoms with van der Waals surface area (Å²) in [6.45, 7) is 6.93. The van der Waals surface area contributed by atoms with Crippen LogP contribution < -0.4 is 0 Å². The summed E-state index contributed by atoms with van der Waals surface area (Å²) in [5.41, 5.74) is 0. The lowest BCUT2D eigenvalue weighted by molar-refractivity contribution is -0.138. The summed E-state index contributed by atoms with van der Waals surface area (Å²) in [5.74, 6) is -0.243. The highest BCUT2D eigenvalue weighted by Crippen LogP contribution is 2.26. The maximum atomic E-state index is 12.5. The van der Waals surface area contributed by atoms with Crippen LogP contribution in [0.5, 0.6) is 0 Å². The Labute approximate surface area is 168 Å². The average molecular weight is 425 g/mol. The molecule has 10 heteroatoms. The van der Waals surface area contributed by atoms with E-state index in [1.54, 1.807) is 4.90 Å². The molecule has 0 spiro atoms. The minimum absolute atomic E-state index is 0.00536. The predicted molar refractivity (Wildman–Crippen MR) is 100 cm³/mol. The molecule has 0 aromatic carbocycles. The van der Waals surface area contributed by atoms with Crippen LogP contribution in [0.4, 0.5) is 13.2 Å². The molecule has 1 saturated heterocycles. The summed E-state index contributed by atoms with van der Waals surface area (Å²) in [4.78, 5) is 20.5. The monoisotopic (exact) mass is 424 g/mol. The Morgan fingerprint density at radius 1 is 1.36 bits per heavy atom. The minimum Gasteiger partial charge on any atom is -0.385 e. The molecule has 2 rings (SSSR count). The molecule has 2 heterocycles. The molecule has 0 radical (unpaired) electrons. The first-order valence-electron chi connectivity index (χ1n) is 9.63. The molecule has 1 amide bonds. The topological polar surface area (TPSA) is 61.6 Å². The summed E-state index contributed by atoms with van der Waals surface area (Å²) >= 11 is 5.90. The Hall–Kier alpha value is -1.32. The zero-order valence-electron chi connectivity index (χ0n) is 16.3. The highest BCUT2D eigenvalue weighted by Gasteiger charge is 2.30. The molecule has 1 N–H and O–H groups in total. The van der Waals surface area contributed by atoms with Gasteiger partial charge in [-0.15, -0.1) is 0 Å². The molecule has 0 saturated carbocycles. The van der Waals surface area contributed by atoms with E-state index in [1.807, 2.05) is 0 Å². The van der Waals surface area contributed by atoms with Crippen molar-refractivity contribution in [1.29, 1.82) is 0 Å². The number of aromatic nitrogens is 2. The lowest BCUT2D eigenvalue weighted by atomic mass is 10.0. The van der Waals surface area contributed by atoms with Crippen molar-refractivity contribution in [3.8, 4) is 0 Å². The maximum absolute atomic E-state index is 12.5. The van der Waals surface area contributed by atoms with Gasteiger partial charge >= 0.3 is 6.18 Å². The molecule has 0 bridgehead atoms. The van der Waals surface area contributed by atoms with Crippen LogP contribution in [0.1, 0.15) is 51.5 Å². The lowest BCUT2D eigenvalue weighted by Crippen LogP contribution is -2.46. The van der Waals surface area contributed by atoms with Crippen molar-refractivity contribution < 1.29 is 23.1 Å². The van der Waals surface area contributed by atoms with E-state index in [4.69, 9.17) is 11.6 Å². The summed E-state index contributed by atoms with van der Waals surface area (Å²) in [5, 5.41) is 10.4. The maximum Gasteiger partial charge on any atom is 0.390 e. The number of carbonyl (C=O) groups excluding carboxylic acids is 1. The van der Waals surface area contributed by atoms with Gasteiger partial charge in [-0.2, -0.15) is 13.2 Å². The first kappa shape index (κ1) is 23.0. The fourth-order valence-electron chi connectivity index (χ4n) is 3.70. The van der Waals surface area contributed by atoms with Gasteiger partial charge in [0.1, 0.15) is 17.1 Å². The number of alkyl halides is 3. The third kappa shape index (κ3) is 6.09. The summed E-state index contributed by atoms with van der Waals surface area (Å²) in [6, 6.07) is 0.448. The third-order valence-corrected chi connectivity index (χ3v) is 5.57. The number of aliphatic hydroxyl groups is 1. The van der Waals surface area contributed by atoms with Crippen molar-refractivity contribution in [2.45, 2.75) is 64.4 Å². The number of halogens is 4. The number of hydrogen-bond donors (Lipinski definition) is 1. The van der Waals surface area contributed by atoms with Crippen molar-refractivity contribution in [3.63, 3.8) is 0 Å². The minimum atomic E-state index is -4.35. The Kier molecular flexibility index (Phi) is 8.15. The van der Waals surface area contributed by atoms with Crippen molar-refractivity contribution in [2.24, 2.45) is 0 Å². The standard InChI is InChI=1S/C18H28ClF3N4O2/c1-3-24(4-2)13-5-8-25(9-6-13)16(28)11-14(27)17-23-12-15(19)26(17)10-7-18(20,21)22/h12-14,27H,3-11H2,1-2H3. The number of nitrogens with zero attached hydrogens (tertiary/aromatic N) is 4. The second kappa shape index (κ2) is 9.93. The first-order chi connectivity index (χ1) is 13.2. The number of hydrogen-bond acceptors (Lipinski definition) is 4. The van der Waals surface area contributed by atoms with Gasteiger partial charge in [0.15, 0.2) is 0 Å². The SMILES string of the molecule is CCN(CC)C1CCN(C(=O)CC(O)c2ncc(Cl)n2CCC(F)(F)F)CC1. The fourth-order valence-corrected chi connectivity index (χ4v) is 3.92. The molecule has 160 valence electrons. The van der Waals surface area contributed by atoms with E-state index in [0.29, 0.717) is 19.1 Å². The van der Waals surface area contributed by atoms with Crippen LogP contribution in [0.3, 0.4) is 0 Å². The van der Waals surface area contributed by atoms with Gasteiger partial charge in [0.05, 0.1) is 19.0 Å². The first-order valence-corrected chi connectivity index (χ1v) is 10.0. The van der Waals surface area contributed by atoms with E-state index < -0.39 is 25.2 Å². The number of likely N-dealkylation sites (tertiary alicyclic amines) is 1. The Bertz CT molecular complexity index is 641. The van der Waals surface area contributed by atoms with Crippen LogP contribution >= 0.6 is 11.6 Å². The molecule has 1 unspecified atom stereocenters. The Morgan fingerprint density at radius 3 is 2.50 bits per heavy atom. The van der Waals surface area contributed by atoms with E-state index in [2.05, 4.69) is 23.7 Å². The van der Waals surface area contributed by atoms with Crippen LogP contribution in [-0.2, 0) is 11.3 Å². The van der Waals surface area contributed by atoms with Gasteiger partial charge in [0, 0.05) is 25.7 Å². The second-order valence-electron chi connectivity index (χ2n) is 7.01. The summed E-state index contributed by atoms with van der Waals surface area (Å²) in [6.07, 6.45) is -4.03. The highest BCUT2D eigenvalue weighted by atomic mass is 35.5. The molecule has 6 nitrogen and oxygen atoms in total. The number of imidazole rings is 1. The van der Waals surface area contributed by atoms with Crippen molar-refractivity contribution >= 4 is 17.5 Å². The average Bonchev–Trinajstić information content (AvgIpc) is 3.01. The molecule has 1 fully saturated rings. The van der Waals surface area contributed by atoms with Crippen LogP contribution in [-0.4, -0.2) is 68.8 Å². The van der Waals surface area contributed by atoms with Crippen LogP contribution in [0.2, 0.25) is 5.15 Å². The summed E-state index contributed by atoms with van der Waals surface area (Å²) < 4.78 is 38.6. The Morgan fingerprint density at radius 2 is 1.96 bits per heavy atom. The third-order valence-electron chi connectivity index (χ3n) is 5.27. The van der Waals surface area contributed by atoms with E-state index in [0.717, 1.165) is 30.5 Å².